The zero-order valence-electron chi connectivity index (χ0n) is 9.19. The van der Waals surface area contributed by atoms with Gasteiger partial charge in [0.05, 0.1) is 9.35 Å². The summed E-state index contributed by atoms with van der Waals surface area (Å²) in [5, 5.41) is 3.26. The van der Waals surface area contributed by atoms with E-state index >= 15 is 0 Å². The minimum absolute atomic E-state index is 0.168. The summed E-state index contributed by atoms with van der Waals surface area (Å²) in [6, 6.07) is 4.07. The van der Waals surface area contributed by atoms with Gasteiger partial charge in [-0.15, -0.1) is 11.3 Å². The average Bonchev–Trinajstić information content (AvgIpc) is 2.75. The number of nitrogens with one attached hydrogen (secondary N) is 1. The molecule has 2 aromatic rings. The fourth-order valence-corrected chi connectivity index (χ4v) is 3.07. The summed E-state index contributed by atoms with van der Waals surface area (Å²) in [6.45, 7) is 0.682. The first-order chi connectivity index (χ1) is 8.70. The molecule has 0 saturated carbocycles. The van der Waals surface area contributed by atoms with E-state index < -0.39 is 0 Å². The lowest BCUT2D eigenvalue weighted by atomic mass is 10.3. The Morgan fingerprint density at radius 1 is 1.44 bits per heavy atom. The zero-order valence-corrected chi connectivity index (χ0v) is 12.3. The third kappa shape index (κ3) is 3.28. The Morgan fingerprint density at radius 2 is 2.28 bits per heavy atom. The number of rotatable bonds is 5. The van der Waals surface area contributed by atoms with Crippen molar-refractivity contribution in [2.24, 2.45) is 0 Å². The number of hydrogen-bond acceptors (Lipinski definition) is 5. The molecule has 0 unspecified atom stereocenters. The maximum atomic E-state index is 10.9. The van der Waals surface area contributed by atoms with Gasteiger partial charge in [-0.3, -0.25) is 4.79 Å². The lowest BCUT2D eigenvalue weighted by molar-refractivity contribution is 0.112. The highest BCUT2D eigenvalue weighted by Gasteiger charge is 2.08. The van der Waals surface area contributed by atoms with E-state index in [0.29, 0.717) is 24.2 Å². The van der Waals surface area contributed by atoms with Crippen LogP contribution in [0.3, 0.4) is 0 Å². The monoisotopic (exact) mass is 345 g/mol. The summed E-state index contributed by atoms with van der Waals surface area (Å²) in [5.41, 5.74) is 0.298. The number of anilines is 1. The number of thiophene rings is 1. The predicted molar refractivity (Wildman–Crippen MR) is 76.6 cm³/mol. The highest BCUT2D eigenvalue weighted by Crippen LogP contribution is 2.22. The second-order valence-corrected chi connectivity index (χ2v) is 6.33. The number of nitrogens with zero attached hydrogens (tertiary/aromatic N) is 2. The molecule has 1 N–H and O–H groups in total. The molecule has 0 aliphatic rings. The first kappa shape index (κ1) is 13.5. The van der Waals surface area contributed by atoms with Crippen LogP contribution in [-0.4, -0.2) is 22.8 Å². The van der Waals surface area contributed by atoms with Crippen molar-refractivity contribution in [2.75, 3.05) is 11.9 Å². The molecule has 2 aromatic heterocycles. The van der Waals surface area contributed by atoms with Gasteiger partial charge in [-0.2, -0.15) is 0 Å². The number of carbonyl (C=O) groups is 1. The highest BCUT2D eigenvalue weighted by atomic mass is 79.9. The average molecular weight is 347 g/mol. The molecule has 0 spiro atoms. The van der Waals surface area contributed by atoms with Gasteiger partial charge in [0.15, 0.2) is 6.29 Å². The van der Waals surface area contributed by atoms with Crippen LogP contribution in [0.4, 0.5) is 5.82 Å². The molecule has 7 heteroatoms. The van der Waals surface area contributed by atoms with Gasteiger partial charge < -0.3 is 5.32 Å². The third-order valence-corrected chi connectivity index (χ3v) is 4.23. The maximum absolute atomic E-state index is 10.9. The minimum Gasteiger partial charge on any atom is -0.369 e. The molecular weight excluding hydrogens is 338 g/mol. The number of aldehydes is 1. The molecule has 0 saturated heterocycles. The molecule has 18 heavy (non-hydrogen) atoms. The molecule has 0 aliphatic heterocycles. The molecule has 4 nitrogen and oxygen atoms in total. The van der Waals surface area contributed by atoms with Gasteiger partial charge in [0.25, 0.3) is 0 Å². The Kier molecular flexibility index (Phi) is 4.68. The summed E-state index contributed by atoms with van der Waals surface area (Å²) < 4.78 is 1.11. The molecule has 0 aliphatic carbocycles. The van der Waals surface area contributed by atoms with Gasteiger partial charge in [-0.1, -0.05) is 11.6 Å². The van der Waals surface area contributed by atoms with Crippen LogP contribution in [0.25, 0.3) is 0 Å². The zero-order chi connectivity index (χ0) is 13.0. The van der Waals surface area contributed by atoms with Gasteiger partial charge >= 0.3 is 0 Å². The van der Waals surface area contributed by atoms with Crippen molar-refractivity contribution in [1.29, 1.82) is 0 Å². The molecule has 0 amide bonds. The third-order valence-electron chi connectivity index (χ3n) is 2.25. The quantitative estimate of drug-likeness (QED) is 0.666. The van der Waals surface area contributed by atoms with Crippen molar-refractivity contribution in [3.8, 4) is 0 Å². The number of aromatic nitrogens is 2. The van der Waals surface area contributed by atoms with E-state index in [9.17, 15) is 4.79 Å². The lowest BCUT2D eigenvalue weighted by Crippen LogP contribution is -2.08. The Hall–Kier alpha value is -0.980. The number of halogens is 2. The Bertz CT molecular complexity index is 561. The second kappa shape index (κ2) is 6.26. The molecule has 2 rings (SSSR count). The van der Waals surface area contributed by atoms with Crippen LogP contribution in [0, 0.1) is 0 Å². The summed E-state index contributed by atoms with van der Waals surface area (Å²) in [7, 11) is 0. The first-order valence-corrected chi connectivity index (χ1v) is 7.13. The lowest BCUT2D eigenvalue weighted by Gasteiger charge is -2.07. The molecule has 94 valence electrons. The van der Waals surface area contributed by atoms with E-state index in [-0.39, 0.29) is 5.15 Å². The van der Waals surface area contributed by atoms with E-state index in [1.165, 1.54) is 11.2 Å². The first-order valence-electron chi connectivity index (χ1n) is 5.14. The standard InChI is InChI=1S/C11H9BrClN3OS/c12-9-2-1-7(18-9)3-4-14-11-8(5-17)10(13)15-6-16-11/h1-2,5-6H,3-4H2,(H,14,15,16). The summed E-state index contributed by atoms with van der Waals surface area (Å²) in [5.74, 6) is 0.473. The largest absolute Gasteiger partial charge is 0.369 e. The number of hydrogen-bond donors (Lipinski definition) is 1. The molecule has 0 atom stereocenters. The Balaban J connectivity index is 1.98. The van der Waals surface area contributed by atoms with Gasteiger partial charge in [0.2, 0.25) is 0 Å². The Morgan fingerprint density at radius 3 is 2.94 bits per heavy atom. The topological polar surface area (TPSA) is 54.9 Å². The summed E-state index contributed by atoms with van der Waals surface area (Å²) in [4.78, 5) is 19.9. The fourth-order valence-electron chi connectivity index (χ4n) is 1.41. The van der Waals surface area contributed by atoms with Crippen LogP contribution >= 0.6 is 38.9 Å². The van der Waals surface area contributed by atoms with E-state index in [4.69, 9.17) is 11.6 Å². The van der Waals surface area contributed by atoms with Gasteiger partial charge in [0.1, 0.15) is 17.3 Å². The van der Waals surface area contributed by atoms with Crippen molar-refractivity contribution >= 4 is 51.0 Å². The van der Waals surface area contributed by atoms with Crippen LogP contribution in [0.5, 0.6) is 0 Å². The number of carbonyl (C=O) groups excluding carboxylic acids is 1. The van der Waals surface area contributed by atoms with Crippen LogP contribution < -0.4 is 5.32 Å². The van der Waals surface area contributed by atoms with E-state index in [1.54, 1.807) is 11.3 Å². The highest BCUT2D eigenvalue weighted by molar-refractivity contribution is 9.11. The molecule has 0 aromatic carbocycles. The van der Waals surface area contributed by atoms with E-state index in [1.807, 2.05) is 6.07 Å². The van der Waals surface area contributed by atoms with Crippen LogP contribution in [0.15, 0.2) is 22.2 Å². The minimum atomic E-state index is 0.168. The Labute approximate surface area is 122 Å². The van der Waals surface area contributed by atoms with E-state index in [0.717, 1.165) is 10.2 Å². The van der Waals surface area contributed by atoms with Crippen molar-refractivity contribution in [2.45, 2.75) is 6.42 Å². The van der Waals surface area contributed by atoms with Crippen molar-refractivity contribution < 1.29 is 4.79 Å². The second-order valence-electron chi connectivity index (χ2n) is 3.43. The molecular formula is C11H9BrClN3OS. The van der Waals surface area contributed by atoms with Gasteiger partial charge in [-0.25, -0.2) is 9.97 Å². The van der Waals surface area contributed by atoms with Crippen LogP contribution in [-0.2, 0) is 6.42 Å². The summed E-state index contributed by atoms with van der Waals surface area (Å²) in [6.07, 6.45) is 2.85. The molecule has 2 heterocycles. The van der Waals surface area contributed by atoms with Crippen LogP contribution in [0.1, 0.15) is 15.2 Å². The van der Waals surface area contributed by atoms with Crippen molar-refractivity contribution in [1.82, 2.24) is 9.97 Å². The molecule has 0 bridgehead atoms. The SMILES string of the molecule is O=Cc1c(Cl)ncnc1NCCc1ccc(Br)s1. The molecule has 0 radical (unpaired) electrons. The predicted octanol–water partition coefficient (Wildman–Crippen LogP) is 3.42. The fraction of sp³-hybridized carbons (Fsp3) is 0.182. The normalized spacial score (nSPS) is 10.3. The van der Waals surface area contributed by atoms with Crippen molar-refractivity contribution in [3.63, 3.8) is 0 Å². The van der Waals surface area contributed by atoms with Gasteiger partial charge in [-0.05, 0) is 34.5 Å². The van der Waals surface area contributed by atoms with Crippen LogP contribution in [0.2, 0.25) is 5.15 Å². The maximum Gasteiger partial charge on any atom is 0.156 e. The van der Waals surface area contributed by atoms with Crippen molar-refractivity contribution in [3.05, 3.63) is 37.8 Å². The smallest absolute Gasteiger partial charge is 0.156 e. The summed E-state index contributed by atoms with van der Waals surface area (Å²) >= 11 is 10.9. The molecule has 0 fully saturated rings. The van der Waals surface area contributed by atoms with Gasteiger partial charge in [0, 0.05) is 11.4 Å². The van der Waals surface area contributed by atoms with E-state index in [2.05, 4.69) is 37.3 Å².